The number of nitrogens with one attached hydrogen (secondary N) is 1. The lowest BCUT2D eigenvalue weighted by atomic mass is 10.1. The predicted octanol–water partition coefficient (Wildman–Crippen LogP) is 3.33. The van der Waals surface area contributed by atoms with Crippen LogP contribution < -0.4 is 5.48 Å². The van der Waals surface area contributed by atoms with Gasteiger partial charge in [-0.15, -0.1) is 0 Å². The van der Waals surface area contributed by atoms with Gasteiger partial charge in [-0.1, -0.05) is 30.3 Å². The Morgan fingerprint density at radius 3 is 2.32 bits per heavy atom. The van der Waals surface area contributed by atoms with Crippen molar-refractivity contribution in [3.05, 3.63) is 35.9 Å². The summed E-state index contributed by atoms with van der Waals surface area (Å²) in [7, 11) is 1.37. The Kier molecular flexibility index (Phi) is 11.1. The molecule has 1 aromatic carbocycles. The van der Waals surface area contributed by atoms with Crippen molar-refractivity contribution in [2.45, 2.75) is 64.7 Å². The van der Waals surface area contributed by atoms with E-state index in [0.29, 0.717) is 13.0 Å². The SMILES string of the molecule is CC(C)(C)OC(=O)N1CCCC1.CONC=O.O=C1N2CCCC(C2)N1OCc1ccccc1. The van der Waals surface area contributed by atoms with Crippen LogP contribution in [0.25, 0.3) is 0 Å². The van der Waals surface area contributed by atoms with Crippen LogP contribution in [0.3, 0.4) is 0 Å². The summed E-state index contributed by atoms with van der Waals surface area (Å²) >= 11 is 0. The van der Waals surface area contributed by atoms with E-state index in [1.807, 2.05) is 61.5 Å². The fourth-order valence-corrected chi connectivity index (χ4v) is 3.77. The van der Waals surface area contributed by atoms with Gasteiger partial charge in [0.15, 0.2) is 0 Å². The van der Waals surface area contributed by atoms with Crippen LogP contribution >= 0.6 is 0 Å². The van der Waals surface area contributed by atoms with Gasteiger partial charge in [0.1, 0.15) is 12.2 Å². The number of hydrogen-bond donors (Lipinski definition) is 1. The third kappa shape index (κ3) is 9.18. The Bertz CT molecular complexity index is 764. The van der Waals surface area contributed by atoms with Crippen LogP contribution in [0.1, 0.15) is 52.0 Å². The summed E-state index contributed by atoms with van der Waals surface area (Å²) in [5.74, 6) is 0. The Labute approximate surface area is 202 Å². The molecule has 1 N–H and O–H groups in total. The van der Waals surface area contributed by atoms with E-state index in [2.05, 4.69) is 4.84 Å². The molecule has 10 nitrogen and oxygen atoms in total. The molecule has 1 aromatic rings. The van der Waals surface area contributed by atoms with Crippen molar-refractivity contribution >= 4 is 18.5 Å². The van der Waals surface area contributed by atoms with Crippen LogP contribution in [0, 0.1) is 0 Å². The van der Waals surface area contributed by atoms with Crippen molar-refractivity contribution in [3.63, 3.8) is 0 Å². The van der Waals surface area contributed by atoms with Crippen molar-refractivity contribution in [1.29, 1.82) is 0 Å². The smallest absolute Gasteiger partial charge is 0.410 e. The maximum Gasteiger partial charge on any atom is 0.410 e. The number of carbonyl (C=O) groups is 3. The first kappa shape index (κ1) is 27.4. The first-order valence-electron chi connectivity index (χ1n) is 11.7. The van der Waals surface area contributed by atoms with Gasteiger partial charge in [0.05, 0.1) is 13.2 Å². The normalized spacial score (nSPS) is 19.0. The molecule has 2 bridgehead atoms. The van der Waals surface area contributed by atoms with Crippen molar-refractivity contribution in [2.24, 2.45) is 0 Å². The number of hydrogen-bond acceptors (Lipinski definition) is 6. The van der Waals surface area contributed by atoms with Gasteiger partial charge in [-0.3, -0.25) is 14.5 Å². The van der Waals surface area contributed by atoms with Gasteiger partial charge in [0, 0.05) is 26.2 Å². The van der Waals surface area contributed by atoms with Crippen molar-refractivity contribution < 1.29 is 28.8 Å². The highest BCUT2D eigenvalue weighted by atomic mass is 16.7. The summed E-state index contributed by atoms with van der Waals surface area (Å²) < 4.78 is 5.21. The minimum Gasteiger partial charge on any atom is -0.444 e. The third-order valence-electron chi connectivity index (χ3n) is 5.32. The first-order chi connectivity index (χ1) is 16.2. The Morgan fingerprint density at radius 1 is 1.12 bits per heavy atom. The second kappa shape index (κ2) is 13.8. The predicted molar refractivity (Wildman–Crippen MR) is 126 cm³/mol. The molecule has 3 aliphatic heterocycles. The maximum absolute atomic E-state index is 11.9. The largest absolute Gasteiger partial charge is 0.444 e. The summed E-state index contributed by atoms with van der Waals surface area (Å²) in [5, 5.41) is 1.57. The number of fused-ring (bicyclic) bond motifs is 2. The molecule has 1 unspecified atom stereocenters. The van der Waals surface area contributed by atoms with Gasteiger partial charge in [0.2, 0.25) is 6.41 Å². The lowest BCUT2D eigenvalue weighted by Crippen LogP contribution is -2.34. The van der Waals surface area contributed by atoms with Crippen molar-refractivity contribution in [3.8, 4) is 0 Å². The summed E-state index contributed by atoms with van der Waals surface area (Å²) in [4.78, 5) is 45.8. The van der Waals surface area contributed by atoms with Crippen LogP contribution in [0.4, 0.5) is 9.59 Å². The lowest BCUT2D eigenvalue weighted by Gasteiger charge is -2.23. The zero-order valence-electron chi connectivity index (χ0n) is 20.7. The van der Waals surface area contributed by atoms with Crippen LogP contribution in [-0.2, 0) is 25.8 Å². The Morgan fingerprint density at radius 2 is 1.79 bits per heavy atom. The summed E-state index contributed by atoms with van der Waals surface area (Å²) in [6, 6.07) is 10.2. The van der Waals surface area contributed by atoms with Gasteiger partial charge < -0.3 is 14.5 Å². The van der Waals surface area contributed by atoms with Gasteiger partial charge in [-0.05, 0) is 52.0 Å². The van der Waals surface area contributed by atoms with E-state index in [1.54, 1.807) is 9.96 Å². The van der Waals surface area contributed by atoms with Crippen LogP contribution in [-0.4, -0.2) is 78.3 Å². The summed E-state index contributed by atoms with van der Waals surface area (Å²) in [5.41, 5.74) is 2.66. The average Bonchev–Trinajstić information content (AvgIpc) is 3.42. The molecule has 0 radical (unpaired) electrons. The van der Waals surface area contributed by atoms with E-state index < -0.39 is 0 Å². The molecule has 34 heavy (non-hydrogen) atoms. The number of amides is 4. The van der Waals surface area contributed by atoms with E-state index in [4.69, 9.17) is 14.4 Å². The minimum absolute atomic E-state index is 0.0310. The highest BCUT2D eigenvalue weighted by Crippen LogP contribution is 2.26. The van der Waals surface area contributed by atoms with Crippen LogP contribution in [0.2, 0.25) is 0 Å². The second-order valence-corrected chi connectivity index (χ2v) is 9.22. The molecule has 0 aromatic heterocycles. The third-order valence-corrected chi connectivity index (χ3v) is 5.32. The van der Waals surface area contributed by atoms with E-state index in [9.17, 15) is 9.59 Å². The van der Waals surface area contributed by atoms with E-state index in [-0.39, 0.29) is 23.8 Å². The molecule has 10 heteroatoms. The number of rotatable bonds is 5. The van der Waals surface area contributed by atoms with E-state index in [1.165, 1.54) is 7.11 Å². The molecule has 3 heterocycles. The maximum atomic E-state index is 11.9. The fraction of sp³-hybridized carbons (Fsp3) is 0.625. The molecule has 1 atom stereocenters. The summed E-state index contributed by atoms with van der Waals surface area (Å²) in [6.45, 7) is 9.55. The number of ether oxygens (including phenoxy) is 1. The van der Waals surface area contributed by atoms with Crippen molar-refractivity contribution in [2.75, 3.05) is 33.3 Å². The highest BCUT2D eigenvalue weighted by molar-refractivity contribution is 5.76. The van der Waals surface area contributed by atoms with Crippen LogP contribution in [0.5, 0.6) is 0 Å². The Hall–Kier alpha value is -2.85. The number of piperidine rings is 1. The second-order valence-electron chi connectivity index (χ2n) is 9.22. The minimum atomic E-state index is -0.361. The number of nitrogens with zero attached hydrogens (tertiary/aromatic N) is 3. The molecule has 4 rings (SSSR count). The number of carbonyl (C=O) groups excluding carboxylic acids is 3. The number of benzene rings is 1. The zero-order chi connectivity index (χ0) is 25.0. The molecule has 3 saturated heterocycles. The highest BCUT2D eigenvalue weighted by Gasteiger charge is 2.40. The van der Waals surface area contributed by atoms with Gasteiger partial charge in [-0.2, -0.15) is 5.06 Å². The van der Waals surface area contributed by atoms with Gasteiger partial charge >= 0.3 is 12.1 Å². The number of hydroxylamine groups is 3. The zero-order valence-corrected chi connectivity index (χ0v) is 20.7. The Balaban J connectivity index is 0.000000210. The van der Waals surface area contributed by atoms with Gasteiger partial charge in [-0.25, -0.2) is 15.1 Å². The molecule has 0 aliphatic carbocycles. The monoisotopic (exact) mass is 478 g/mol. The molecular formula is C24H38N4O6. The van der Waals surface area contributed by atoms with Gasteiger partial charge in [0.25, 0.3) is 0 Å². The molecule has 0 saturated carbocycles. The molecule has 4 amide bonds. The van der Waals surface area contributed by atoms with E-state index >= 15 is 0 Å². The quantitative estimate of drug-likeness (QED) is 0.515. The number of likely N-dealkylation sites (tertiary alicyclic amines) is 1. The summed E-state index contributed by atoms with van der Waals surface area (Å²) in [6.07, 6.45) is 4.65. The number of urea groups is 1. The molecule has 190 valence electrons. The fourth-order valence-electron chi connectivity index (χ4n) is 3.77. The van der Waals surface area contributed by atoms with E-state index in [0.717, 1.165) is 57.4 Å². The molecule has 3 aliphatic rings. The average molecular weight is 479 g/mol. The van der Waals surface area contributed by atoms with Crippen molar-refractivity contribution in [1.82, 2.24) is 20.3 Å². The molecule has 3 fully saturated rings. The first-order valence-corrected chi connectivity index (χ1v) is 11.7. The topological polar surface area (TPSA) is 101 Å². The standard InChI is InChI=1S/C13H16N2O2.C9H17NO2.C2H5NO2/c16-13-14-8-4-7-12(9-14)15(13)17-10-11-5-2-1-3-6-11;1-9(2,3)12-8(11)10-6-4-5-7-10;1-5-3-2-4/h1-3,5-6,12H,4,7-10H2;4-7H2,1-3H3;2H,1H3,(H,3,4). The lowest BCUT2D eigenvalue weighted by molar-refractivity contribution is -0.140. The van der Waals surface area contributed by atoms with Crippen LogP contribution in [0.15, 0.2) is 30.3 Å². The molecule has 0 spiro atoms. The molecular weight excluding hydrogens is 440 g/mol.